The molecule has 0 saturated carbocycles. The number of nitrogens with zero attached hydrogens (tertiary/aromatic N) is 1. The smallest absolute Gasteiger partial charge is 0.248 e. The fourth-order valence-corrected chi connectivity index (χ4v) is 3.09. The zero-order valence-corrected chi connectivity index (χ0v) is 15.3. The van der Waals surface area contributed by atoms with E-state index in [-0.39, 0.29) is 5.91 Å². The van der Waals surface area contributed by atoms with Crippen molar-refractivity contribution in [3.63, 3.8) is 0 Å². The Bertz CT molecular complexity index is 1100. The van der Waals surface area contributed by atoms with Crippen LogP contribution in [0.2, 0.25) is 0 Å². The first kappa shape index (κ1) is 15.8. The van der Waals surface area contributed by atoms with Crippen LogP contribution in [0.1, 0.15) is 5.69 Å². The number of aromatic nitrogens is 2. The Kier molecular flexibility index (Phi) is 4.23. The largest absolute Gasteiger partial charge is 0.353 e. The number of anilines is 1. The van der Waals surface area contributed by atoms with Crippen LogP contribution in [-0.2, 0) is 4.79 Å². The number of pyridine rings is 1. The number of benzene rings is 2. The van der Waals surface area contributed by atoms with Gasteiger partial charge in [-0.3, -0.25) is 9.78 Å². The van der Waals surface area contributed by atoms with Gasteiger partial charge in [0.25, 0.3) is 0 Å². The Morgan fingerprint density at radius 1 is 1.04 bits per heavy atom. The van der Waals surface area contributed by atoms with Crippen LogP contribution >= 0.6 is 22.6 Å². The van der Waals surface area contributed by atoms with E-state index in [2.05, 4.69) is 43.9 Å². The van der Waals surface area contributed by atoms with E-state index >= 15 is 0 Å². The van der Waals surface area contributed by atoms with E-state index < -0.39 is 0 Å². The maximum atomic E-state index is 12.1. The molecular formula is C20H14IN3O. The molecule has 0 spiro atoms. The van der Waals surface area contributed by atoms with Crippen LogP contribution in [0.15, 0.2) is 66.9 Å². The predicted octanol–water partition coefficient (Wildman–Crippen LogP) is 4.97. The molecule has 0 saturated heterocycles. The van der Waals surface area contributed by atoms with Gasteiger partial charge in [-0.15, -0.1) is 0 Å². The number of H-pyrrole nitrogens is 1. The molecule has 122 valence electrons. The van der Waals surface area contributed by atoms with Crippen molar-refractivity contribution < 1.29 is 4.79 Å². The Morgan fingerprint density at radius 2 is 1.84 bits per heavy atom. The first-order valence-electron chi connectivity index (χ1n) is 7.80. The Balaban J connectivity index is 1.57. The van der Waals surface area contributed by atoms with Crippen LogP contribution in [-0.4, -0.2) is 15.9 Å². The number of para-hydroxylation sites is 1. The van der Waals surface area contributed by atoms with Gasteiger partial charge in [0.2, 0.25) is 5.91 Å². The van der Waals surface area contributed by atoms with Gasteiger partial charge in [0.15, 0.2) is 0 Å². The third-order valence-electron chi connectivity index (χ3n) is 3.93. The van der Waals surface area contributed by atoms with Gasteiger partial charge in [-0.2, -0.15) is 0 Å². The summed E-state index contributed by atoms with van der Waals surface area (Å²) < 4.78 is 1.13. The second-order valence-electron chi connectivity index (χ2n) is 5.65. The van der Waals surface area contributed by atoms with Crippen LogP contribution in [0.5, 0.6) is 0 Å². The lowest BCUT2D eigenvalue weighted by Crippen LogP contribution is -2.07. The lowest BCUT2D eigenvalue weighted by atomic mass is 10.1. The molecule has 0 bridgehead atoms. The maximum Gasteiger partial charge on any atom is 0.248 e. The molecule has 0 unspecified atom stereocenters. The number of rotatable bonds is 3. The van der Waals surface area contributed by atoms with Gasteiger partial charge in [-0.25, -0.2) is 0 Å². The molecule has 2 aromatic carbocycles. The van der Waals surface area contributed by atoms with Crippen molar-refractivity contribution in [2.45, 2.75) is 0 Å². The summed E-state index contributed by atoms with van der Waals surface area (Å²) in [7, 11) is 0. The standard InChI is InChI=1S/C20H14IN3O/c21-13-5-7-14(8-6-13)23-20(25)10-9-15-11-17-16-3-1-2-4-18(16)24-19(17)12-22-15/h1-12,24H,(H,23,25)/b10-9+. The van der Waals surface area contributed by atoms with Crippen molar-refractivity contribution in [1.82, 2.24) is 9.97 Å². The molecule has 0 aliphatic heterocycles. The van der Waals surface area contributed by atoms with Gasteiger partial charge in [-0.1, -0.05) is 18.2 Å². The Hall–Kier alpha value is -2.67. The molecule has 0 radical (unpaired) electrons. The summed E-state index contributed by atoms with van der Waals surface area (Å²) >= 11 is 2.23. The lowest BCUT2D eigenvalue weighted by molar-refractivity contribution is -0.111. The molecule has 0 atom stereocenters. The van der Waals surface area contributed by atoms with Crippen LogP contribution in [0.3, 0.4) is 0 Å². The summed E-state index contributed by atoms with van der Waals surface area (Å²) in [6.45, 7) is 0. The SMILES string of the molecule is O=C(/C=C/c1cc2c(cn1)[nH]c1ccccc12)Nc1ccc(I)cc1. The van der Waals surface area contributed by atoms with Gasteiger partial charge < -0.3 is 10.3 Å². The summed E-state index contributed by atoms with van der Waals surface area (Å²) in [5, 5.41) is 5.09. The van der Waals surface area contributed by atoms with E-state index in [1.807, 2.05) is 48.5 Å². The molecule has 0 aliphatic rings. The summed E-state index contributed by atoms with van der Waals surface area (Å²) in [6.07, 6.45) is 5.02. The van der Waals surface area contributed by atoms with Gasteiger partial charge in [-0.05, 0) is 65.1 Å². The van der Waals surface area contributed by atoms with E-state index in [0.29, 0.717) is 0 Å². The van der Waals surface area contributed by atoms with Gasteiger partial charge in [0, 0.05) is 31.6 Å². The third kappa shape index (κ3) is 3.41. The molecule has 2 aromatic heterocycles. The van der Waals surface area contributed by atoms with Crippen molar-refractivity contribution in [2.24, 2.45) is 0 Å². The molecule has 25 heavy (non-hydrogen) atoms. The van der Waals surface area contributed by atoms with E-state index in [4.69, 9.17) is 0 Å². The van der Waals surface area contributed by atoms with Gasteiger partial charge in [0.05, 0.1) is 17.4 Å². The van der Waals surface area contributed by atoms with Crippen molar-refractivity contribution in [2.75, 3.05) is 5.32 Å². The fraction of sp³-hybridized carbons (Fsp3) is 0. The normalized spacial score (nSPS) is 11.4. The number of hydrogen-bond acceptors (Lipinski definition) is 2. The highest BCUT2D eigenvalue weighted by Crippen LogP contribution is 2.25. The van der Waals surface area contributed by atoms with E-state index in [1.54, 1.807) is 12.3 Å². The van der Waals surface area contributed by atoms with Crippen LogP contribution in [0.4, 0.5) is 5.69 Å². The summed E-state index contributed by atoms with van der Waals surface area (Å²) in [5.41, 5.74) is 3.59. The van der Waals surface area contributed by atoms with Crippen molar-refractivity contribution in [1.29, 1.82) is 0 Å². The summed E-state index contributed by atoms with van der Waals surface area (Å²) in [5.74, 6) is -0.179. The number of nitrogens with one attached hydrogen (secondary N) is 2. The molecule has 4 rings (SSSR count). The number of aromatic amines is 1. The van der Waals surface area contributed by atoms with E-state index in [0.717, 1.165) is 36.8 Å². The number of hydrogen-bond donors (Lipinski definition) is 2. The summed E-state index contributed by atoms with van der Waals surface area (Å²) in [6, 6.07) is 17.8. The van der Waals surface area contributed by atoms with E-state index in [9.17, 15) is 4.79 Å². The number of carbonyl (C=O) groups excluding carboxylic acids is 1. The third-order valence-corrected chi connectivity index (χ3v) is 4.65. The summed E-state index contributed by atoms with van der Waals surface area (Å²) in [4.78, 5) is 19.8. The topological polar surface area (TPSA) is 57.8 Å². The minimum Gasteiger partial charge on any atom is -0.353 e. The molecule has 0 aliphatic carbocycles. The van der Waals surface area contributed by atoms with E-state index in [1.165, 1.54) is 6.08 Å². The molecule has 4 aromatic rings. The molecule has 4 nitrogen and oxygen atoms in total. The van der Waals surface area contributed by atoms with Crippen molar-refractivity contribution >= 4 is 62.1 Å². The minimum absolute atomic E-state index is 0.179. The zero-order chi connectivity index (χ0) is 17.2. The number of amides is 1. The first-order valence-corrected chi connectivity index (χ1v) is 8.88. The van der Waals surface area contributed by atoms with Crippen LogP contribution in [0, 0.1) is 3.57 Å². The van der Waals surface area contributed by atoms with Crippen molar-refractivity contribution in [3.8, 4) is 0 Å². The maximum absolute atomic E-state index is 12.1. The average molecular weight is 439 g/mol. The van der Waals surface area contributed by atoms with Crippen LogP contribution < -0.4 is 5.32 Å². The van der Waals surface area contributed by atoms with Crippen molar-refractivity contribution in [3.05, 3.63) is 76.1 Å². The Morgan fingerprint density at radius 3 is 2.68 bits per heavy atom. The lowest BCUT2D eigenvalue weighted by Gasteiger charge is -2.01. The number of carbonyl (C=O) groups is 1. The van der Waals surface area contributed by atoms with Gasteiger partial charge in [0.1, 0.15) is 0 Å². The first-order chi connectivity index (χ1) is 12.2. The quantitative estimate of drug-likeness (QED) is 0.350. The van der Waals surface area contributed by atoms with Gasteiger partial charge >= 0.3 is 0 Å². The highest BCUT2D eigenvalue weighted by molar-refractivity contribution is 14.1. The molecule has 2 heterocycles. The number of fused-ring (bicyclic) bond motifs is 3. The second kappa shape index (κ2) is 6.68. The monoisotopic (exact) mass is 439 g/mol. The molecule has 1 amide bonds. The predicted molar refractivity (Wildman–Crippen MR) is 110 cm³/mol. The number of halogens is 1. The van der Waals surface area contributed by atoms with Crippen LogP contribution in [0.25, 0.3) is 27.9 Å². The second-order valence-corrected chi connectivity index (χ2v) is 6.90. The average Bonchev–Trinajstić information content (AvgIpc) is 3.00. The highest BCUT2D eigenvalue weighted by atomic mass is 127. The molecule has 5 heteroatoms. The Labute approximate surface area is 158 Å². The molecule has 0 fully saturated rings. The molecule has 2 N–H and O–H groups in total. The fourth-order valence-electron chi connectivity index (χ4n) is 2.74. The highest BCUT2D eigenvalue weighted by Gasteiger charge is 2.04. The minimum atomic E-state index is -0.179. The molecular weight excluding hydrogens is 425 g/mol. The zero-order valence-electron chi connectivity index (χ0n) is 13.2.